The minimum Gasteiger partial charge on any atom is -0.497 e. The van der Waals surface area contributed by atoms with E-state index in [9.17, 15) is 13.2 Å². The number of halogens is 4. The SMILES string of the molecule is COc1cc(Cl)cc(C(F)(F)F)c1. The summed E-state index contributed by atoms with van der Waals surface area (Å²) < 4.78 is 41.2. The van der Waals surface area contributed by atoms with E-state index in [-0.39, 0.29) is 10.8 Å². The molecule has 0 fully saturated rings. The fraction of sp³-hybridized carbons (Fsp3) is 0.250. The molecule has 0 saturated heterocycles. The van der Waals surface area contributed by atoms with Gasteiger partial charge in [0.2, 0.25) is 0 Å². The number of methoxy groups -OCH3 is 1. The maximum absolute atomic E-state index is 12.2. The molecule has 5 heteroatoms. The summed E-state index contributed by atoms with van der Waals surface area (Å²) in [7, 11) is 1.28. The molecule has 0 N–H and O–H groups in total. The molecule has 0 amide bonds. The summed E-state index contributed by atoms with van der Waals surface area (Å²) in [6.45, 7) is 0. The van der Waals surface area contributed by atoms with Crippen LogP contribution in [0.15, 0.2) is 18.2 Å². The van der Waals surface area contributed by atoms with E-state index >= 15 is 0 Å². The first-order valence-corrected chi connectivity index (χ1v) is 3.73. The van der Waals surface area contributed by atoms with Crippen LogP contribution >= 0.6 is 11.6 Å². The monoisotopic (exact) mass is 210 g/mol. The standard InChI is InChI=1S/C8H6ClF3O/c1-13-7-3-5(8(10,11)12)2-6(9)4-7/h2-4H,1H3. The topological polar surface area (TPSA) is 9.23 Å². The van der Waals surface area contributed by atoms with Crippen molar-refractivity contribution in [2.45, 2.75) is 6.18 Å². The van der Waals surface area contributed by atoms with Gasteiger partial charge < -0.3 is 4.74 Å². The highest BCUT2D eigenvalue weighted by atomic mass is 35.5. The molecule has 0 radical (unpaired) electrons. The first kappa shape index (κ1) is 10.2. The summed E-state index contributed by atoms with van der Waals surface area (Å²) in [4.78, 5) is 0. The van der Waals surface area contributed by atoms with Crippen LogP contribution in [0.2, 0.25) is 5.02 Å². The van der Waals surface area contributed by atoms with E-state index in [1.54, 1.807) is 0 Å². The van der Waals surface area contributed by atoms with Gasteiger partial charge in [0.25, 0.3) is 0 Å². The van der Waals surface area contributed by atoms with Crippen LogP contribution in [0.25, 0.3) is 0 Å². The lowest BCUT2D eigenvalue weighted by atomic mass is 10.2. The highest BCUT2D eigenvalue weighted by Crippen LogP contribution is 2.33. The summed E-state index contributed by atoms with van der Waals surface area (Å²) in [5.41, 5.74) is -0.808. The van der Waals surface area contributed by atoms with Crippen molar-refractivity contribution in [3.8, 4) is 5.75 Å². The van der Waals surface area contributed by atoms with Crippen LogP contribution in [0, 0.1) is 0 Å². The van der Waals surface area contributed by atoms with Crippen LogP contribution in [-0.4, -0.2) is 7.11 Å². The van der Waals surface area contributed by atoms with E-state index in [2.05, 4.69) is 4.74 Å². The van der Waals surface area contributed by atoms with Crippen molar-refractivity contribution in [1.29, 1.82) is 0 Å². The molecule has 0 saturated carbocycles. The summed E-state index contributed by atoms with van der Waals surface area (Å²) in [6, 6.07) is 3.06. The predicted molar refractivity (Wildman–Crippen MR) is 43.0 cm³/mol. The Morgan fingerprint density at radius 1 is 1.23 bits per heavy atom. The average Bonchev–Trinajstić information content (AvgIpc) is 2.01. The first-order valence-electron chi connectivity index (χ1n) is 3.35. The number of alkyl halides is 3. The van der Waals surface area contributed by atoms with Crippen molar-refractivity contribution in [2.75, 3.05) is 7.11 Å². The van der Waals surface area contributed by atoms with Gasteiger partial charge in [-0.25, -0.2) is 0 Å². The zero-order valence-corrected chi connectivity index (χ0v) is 7.41. The van der Waals surface area contributed by atoms with Crippen LogP contribution in [0.4, 0.5) is 13.2 Å². The largest absolute Gasteiger partial charge is 0.497 e. The maximum atomic E-state index is 12.2. The van der Waals surface area contributed by atoms with Gasteiger partial charge in [0.05, 0.1) is 12.7 Å². The second-order valence-corrected chi connectivity index (χ2v) is 2.81. The van der Waals surface area contributed by atoms with Gasteiger partial charge in [-0.05, 0) is 18.2 Å². The molecule has 0 unspecified atom stereocenters. The second-order valence-electron chi connectivity index (χ2n) is 2.38. The van der Waals surface area contributed by atoms with E-state index < -0.39 is 11.7 Å². The lowest BCUT2D eigenvalue weighted by Gasteiger charge is -2.08. The Morgan fingerprint density at radius 2 is 1.85 bits per heavy atom. The first-order chi connectivity index (χ1) is 5.93. The van der Waals surface area contributed by atoms with Crippen molar-refractivity contribution < 1.29 is 17.9 Å². The van der Waals surface area contributed by atoms with Gasteiger partial charge >= 0.3 is 6.18 Å². The molecular weight excluding hydrogens is 205 g/mol. The second kappa shape index (κ2) is 3.46. The van der Waals surface area contributed by atoms with Gasteiger partial charge in [0.1, 0.15) is 5.75 Å². The van der Waals surface area contributed by atoms with Crippen LogP contribution in [0.1, 0.15) is 5.56 Å². The summed E-state index contributed by atoms with van der Waals surface area (Å²) in [5, 5.41) is 0.00618. The Balaban J connectivity index is 3.16. The maximum Gasteiger partial charge on any atom is 0.416 e. The molecule has 0 spiro atoms. The van der Waals surface area contributed by atoms with E-state index in [0.29, 0.717) is 0 Å². The van der Waals surface area contributed by atoms with Gasteiger partial charge in [0, 0.05) is 5.02 Å². The van der Waals surface area contributed by atoms with Crippen molar-refractivity contribution in [1.82, 2.24) is 0 Å². The third kappa shape index (κ3) is 2.52. The van der Waals surface area contributed by atoms with Gasteiger partial charge in [-0.2, -0.15) is 13.2 Å². The van der Waals surface area contributed by atoms with Gasteiger partial charge in [0.15, 0.2) is 0 Å². The Morgan fingerprint density at radius 3 is 2.31 bits per heavy atom. The third-order valence-corrected chi connectivity index (χ3v) is 1.65. The molecule has 1 nitrogen and oxygen atoms in total. The molecule has 0 aliphatic carbocycles. The fourth-order valence-electron chi connectivity index (χ4n) is 0.844. The van der Waals surface area contributed by atoms with Crippen LogP contribution < -0.4 is 4.74 Å². The van der Waals surface area contributed by atoms with Gasteiger partial charge in [-0.15, -0.1) is 0 Å². The van der Waals surface area contributed by atoms with Crippen LogP contribution in [0.5, 0.6) is 5.75 Å². The lowest BCUT2D eigenvalue weighted by Crippen LogP contribution is -2.04. The molecule has 0 atom stereocenters. The molecule has 0 bridgehead atoms. The van der Waals surface area contributed by atoms with E-state index in [0.717, 1.165) is 12.1 Å². The summed E-state index contributed by atoms with van der Waals surface area (Å²) in [6.07, 6.45) is -4.39. The Labute approximate surface area is 78.1 Å². The van der Waals surface area contributed by atoms with Crippen molar-refractivity contribution in [2.24, 2.45) is 0 Å². The summed E-state index contributed by atoms with van der Waals surface area (Å²) >= 11 is 5.45. The molecule has 13 heavy (non-hydrogen) atoms. The smallest absolute Gasteiger partial charge is 0.416 e. The normalized spacial score (nSPS) is 11.5. The minimum atomic E-state index is -4.39. The molecule has 1 aromatic carbocycles. The zero-order chi connectivity index (χ0) is 10.1. The van der Waals surface area contributed by atoms with Gasteiger partial charge in [-0.1, -0.05) is 11.6 Å². The Kier molecular flexibility index (Phi) is 2.71. The summed E-state index contributed by atoms with van der Waals surface area (Å²) in [5.74, 6) is 0.0971. The number of rotatable bonds is 1. The zero-order valence-electron chi connectivity index (χ0n) is 6.65. The van der Waals surface area contributed by atoms with Crippen molar-refractivity contribution >= 4 is 11.6 Å². The van der Waals surface area contributed by atoms with E-state index in [1.165, 1.54) is 13.2 Å². The highest BCUT2D eigenvalue weighted by molar-refractivity contribution is 6.30. The Hall–Kier alpha value is -0.900. The number of hydrogen-bond donors (Lipinski definition) is 0. The molecule has 1 rings (SSSR count). The molecule has 0 aliphatic heterocycles. The Bertz CT molecular complexity index is 309. The molecule has 72 valence electrons. The molecular formula is C8H6ClF3O. The minimum absolute atomic E-state index is 0.00618. The molecule has 0 aliphatic rings. The number of ether oxygens (including phenoxy) is 1. The van der Waals surface area contributed by atoms with Crippen molar-refractivity contribution in [3.05, 3.63) is 28.8 Å². The van der Waals surface area contributed by atoms with E-state index in [4.69, 9.17) is 11.6 Å². The fourth-order valence-corrected chi connectivity index (χ4v) is 1.07. The predicted octanol–water partition coefficient (Wildman–Crippen LogP) is 3.37. The van der Waals surface area contributed by atoms with Crippen LogP contribution in [0.3, 0.4) is 0 Å². The molecule has 0 heterocycles. The number of benzene rings is 1. The third-order valence-electron chi connectivity index (χ3n) is 1.43. The van der Waals surface area contributed by atoms with E-state index in [1.807, 2.05) is 0 Å². The number of hydrogen-bond acceptors (Lipinski definition) is 1. The van der Waals surface area contributed by atoms with Crippen molar-refractivity contribution in [3.63, 3.8) is 0 Å². The average molecular weight is 211 g/mol. The van der Waals surface area contributed by atoms with Crippen LogP contribution in [-0.2, 0) is 6.18 Å². The quantitative estimate of drug-likeness (QED) is 0.691. The lowest BCUT2D eigenvalue weighted by molar-refractivity contribution is -0.137. The van der Waals surface area contributed by atoms with Gasteiger partial charge in [-0.3, -0.25) is 0 Å². The highest BCUT2D eigenvalue weighted by Gasteiger charge is 2.31. The molecule has 0 aromatic heterocycles. The molecule has 1 aromatic rings.